The largest absolute Gasteiger partial charge is 0.493 e. The van der Waals surface area contributed by atoms with Crippen molar-refractivity contribution in [3.63, 3.8) is 0 Å². The molecule has 6 aliphatic rings. The van der Waals surface area contributed by atoms with Gasteiger partial charge in [-0.05, 0) is 92.2 Å². The molecule has 6 heteroatoms. The first-order valence-electron chi connectivity index (χ1n) is 14.5. The zero-order valence-electron chi connectivity index (χ0n) is 22.3. The molecule has 0 spiro atoms. The van der Waals surface area contributed by atoms with Gasteiger partial charge in [0.25, 0.3) is 0 Å². The molecule has 6 nitrogen and oxygen atoms in total. The Balaban J connectivity index is 1.16. The first-order valence-corrected chi connectivity index (χ1v) is 14.5. The average molecular weight is 523 g/mol. The van der Waals surface area contributed by atoms with E-state index >= 15 is 0 Å². The molecule has 0 amide bonds. The van der Waals surface area contributed by atoms with Crippen LogP contribution in [0.15, 0.2) is 36.5 Å². The number of Topliss-reactive ketones (excluding diaryl/α,β-unsaturated/α-hetero) is 1. The summed E-state index contributed by atoms with van der Waals surface area (Å²) in [5.41, 5.74) is 2.34. The molecule has 0 atom stereocenters. The molecule has 0 N–H and O–H groups in total. The second-order valence-electron chi connectivity index (χ2n) is 12.7. The number of ketones is 1. The summed E-state index contributed by atoms with van der Waals surface area (Å²) >= 11 is 0. The van der Waals surface area contributed by atoms with Crippen LogP contribution in [0.25, 0.3) is 32.4 Å². The molecule has 198 valence electrons. The number of methoxy groups -OCH3 is 1. The van der Waals surface area contributed by atoms with E-state index in [1.54, 1.807) is 7.11 Å². The van der Waals surface area contributed by atoms with Crippen LogP contribution in [0.4, 0.5) is 0 Å². The molecule has 0 unspecified atom stereocenters. The molecular formula is C33H32NO5+. The van der Waals surface area contributed by atoms with E-state index in [0.29, 0.717) is 17.3 Å². The van der Waals surface area contributed by atoms with E-state index in [4.69, 9.17) is 18.9 Å². The maximum absolute atomic E-state index is 13.8. The van der Waals surface area contributed by atoms with E-state index in [-0.39, 0.29) is 18.8 Å². The number of carbonyl (C=O) groups is 1. The SMILES string of the molecule is COc1ccc2c(c[n+]3c4c2ccc2c5c(cc(c24)CC3)OCO5)c1OCC(=O)C12CC3CC(CC(C3)C1)C2. The van der Waals surface area contributed by atoms with Crippen LogP contribution in [0, 0.1) is 23.2 Å². The van der Waals surface area contributed by atoms with Crippen LogP contribution in [-0.4, -0.2) is 26.3 Å². The van der Waals surface area contributed by atoms with Crippen LogP contribution in [0.1, 0.15) is 44.1 Å². The summed E-state index contributed by atoms with van der Waals surface area (Å²) in [6, 6.07) is 10.6. The Morgan fingerprint density at radius 1 is 0.974 bits per heavy atom. The third-order valence-corrected chi connectivity index (χ3v) is 10.5. The normalized spacial score (nSPS) is 27.7. The minimum atomic E-state index is -0.165. The summed E-state index contributed by atoms with van der Waals surface area (Å²) in [4.78, 5) is 13.8. The molecule has 39 heavy (non-hydrogen) atoms. The van der Waals surface area contributed by atoms with E-state index in [0.717, 1.165) is 77.6 Å². The molecule has 1 aromatic heterocycles. The fraction of sp³-hybridized carbons (Fsp3) is 0.455. The minimum Gasteiger partial charge on any atom is -0.493 e. The van der Waals surface area contributed by atoms with Crippen molar-refractivity contribution in [2.75, 3.05) is 20.5 Å². The van der Waals surface area contributed by atoms with Crippen molar-refractivity contribution in [3.8, 4) is 23.0 Å². The van der Waals surface area contributed by atoms with Crippen LogP contribution in [0.3, 0.4) is 0 Å². The molecular weight excluding hydrogens is 490 g/mol. The summed E-state index contributed by atoms with van der Waals surface area (Å²) in [5.74, 6) is 5.54. The number of nitrogens with zero attached hydrogens (tertiary/aromatic N) is 1. The van der Waals surface area contributed by atoms with Crippen molar-refractivity contribution < 1.29 is 28.3 Å². The van der Waals surface area contributed by atoms with E-state index in [9.17, 15) is 4.79 Å². The number of aryl methyl sites for hydroxylation is 2. The lowest BCUT2D eigenvalue weighted by Crippen LogP contribution is -2.51. The van der Waals surface area contributed by atoms with Crippen LogP contribution < -0.4 is 23.5 Å². The van der Waals surface area contributed by atoms with E-state index in [2.05, 4.69) is 35.0 Å². The van der Waals surface area contributed by atoms with Crippen LogP contribution in [0.2, 0.25) is 0 Å². The monoisotopic (exact) mass is 522 g/mol. The van der Waals surface area contributed by atoms with Gasteiger partial charge in [-0.1, -0.05) is 0 Å². The lowest BCUT2D eigenvalue weighted by Gasteiger charge is -2.55. The maximum atomic E-state index is 13.8. The molecule has 4 fully saturated rings. The molecule has 4 aromatic rings. The number of hydrogen-bond acceptors (Lipinski definition) is 5. The van der Waals surface area contributed by atoms with Gasteiger partial charge in [0.15, 0.2) is 41.5 Å². The van der Waals surface area contributed by atoms with Crippen molar-refractivity contribution >= 4 is 38.2 Å². The predicted octanol–water partition coefficient (Wildman–Crippen LogP) is 5.89. The second kappa shape index (κ2) is 7.77. The molecule has 3 heterocycles. The number of aromatic nitrogens is 1. The fourth-order valence-corrected chi connectivity index (χ4v) is 9.29. The number of ether oxygens (including phenoxy) is 4. The molecule has 0 saturated heterocycles. The maximum Gasteiger partial charge on any atom is 0.231 e. The molecule has 3 aromatic carbocycles. The van der Waals surface area contributed by atoms with Gasteiger partial charge in [-0.2, -0.15) is 4.57 Å². The van der Waals surface area contributed by atoms with Crippen LogP contribution >= 0.6 is 0 Å². The van der Waals surface area contributed by atoms with Crippen molar-refractivity contribution in [3.05, 3.63) is 42.1 Å². The lowest BCUT2D eigenvalue weighted by atomic mass is 9.48. The predicted molar refractivity (Wildman–Crippen MR) is 147 cm³/mol. The third-order valence-electron chi connectivity index (χ3n) is 10.5. The highest BCUT2D eigenvalue weighted by Crippen LogP contribution is 2.60. The quantitative estimate of drug-likeness (QED) is 0.242. The Morgan fingerprint density at radius 2 is 1.72 bits per heavy atom. The highest BCUT2D eigenvalue weighted by atomic mass is 16.7. The van der Waals surface area contributed by atoms with Crippen molar-refractivity contribution in [1.29, 1.82) is 0 Å². The molecule has 0 radical (unpaired) electrons. The van der Waals surface area contributed by atoms with Crippen LogP contribution in [-0.2, 0) is 17.8 Å². The summed E-state index contributed by atoms with van der Waals surface area (Å²) in [6.07, 6.45) is 10.3. The van der Waals surface area contributed by atoms with Gasteiger partial charge in [0.1, 0.15) is 6.61 Å². The number of pyridine rings is 1. The number of carbonyl (C=O) groups excluding carboxylic acids is 1. The molecule has 10 rings (SSSR count). The van der Waals surface area contributed by atoms with Gasteiger partial charge < -0.3 is 18.9 Å². The zero-order chi connectivity index (χ0) is 25.9. The van der Waals surface area contributed by atoms with Gasteiger partial charge in [0.2, 0.25) is 12.3 Å². The smallest absolute Gasteiger partial charge is 0.231 e. The highest BCUT2D eigenvalue weighted by molar-refractivity contribution is 6.17. The Morgan fingerprint density at radius 3 is 2.49 bits per heavy atom. The summed E-state index contributed by atoms with van der Waals surface area (Å²) in [7, 11) is 1.68. The van der Waals surface area contributed by atoms with Crippen molar-refractivity contribution in [2.24, 2.45) is 23.2 Å². The fourth-order valence-electron chi connectivity index (χ4n) is 9.29. The lowest BCUT2D eigenvalue weighted by molar-refractivity contribution is -0.670. The Kier molecular flexibility index (Phi) is 4.44. The first-order chi connectivity index (χ1) is 19.1. The summed E-state index contributed by atoms with van der Waals surface area (Å²) in [5, 5.41) is 5.60. The topological polar surface area (TPSA) is 57.9 Å². The van der Waals surface area contributed by atoms with Crippen molar-refractivity contribution in [1.82, 2.24) is 0 Å². The minimum absolute atomic E-state index is 0.116. The number of benzene rings is 3. The van der Waals surface area contributed by atoms with Crippen molar-refractivity contribution in [2.45, 2.75) is 51.5 Å². The Bertz CT molecular complexity index is 1700. The third kappa shape index (κ3) is 3.03. The Hall–Kier alpha value is -3.54. The van der Waals surface area contributed by atoms with Gasteiger partial charge >= 0.3 is 0 Å². The van der Waals surface area contributed by atoms with Gasteiger partial charge in [-0.15, -0.1) is 0 Å². The van der Waals surface area contributed by atoms with Gasteiger partial charge in [0.05, 0.1) is 23.3 Å². The number of rotatable bonds is 5. The highest BCUT2D eigenvalue weighted by Gasteiger charge is 2.54. The van der Waals surface area contributed by atoms with Gasteiger partial charge in [0, 0.05) is 22.6 Å². The van der Waals surface area contributed by atoms with Gasteiger partial charge in [-0.3, -0.25) is 4.79 Å². The zero-order valence-corrected chi connectivity index (χ0v) is 22.3. The van der Waals surface area contributed by atoms with Gasteiger partial charge in [-0.25, -0.2) is 0 Å². The average Bonchev–Trinajstić information content (AvgIpc) is 3.42. The summed E-state index contributed by atoms with van der Waals surface area (Å²) < 4.78 is 26.2. The number of hydrogen-bond donors (Lipinski definition) is 0. The Labute approximate surface area is 226 Å². The molecule has 4 saturated carbocycles. The standard InChI is InChI=1S/C33H32NO5/c1-36-26-5-4-22-23-2-3-24-29-21(11-27-31(24)39-17-38-27)6-7-34(30(23)29)15-25(22)32(26)37-16-28(35)33-12-18-8-19(13-33)10-20(9-18)14-33/h2-5,11,15,18-20H,6-10,12-14,16-17H2,1H3/q+1. The molecule has 4 aliphatic carbocycles. The van der Waals surface area contributed by atoms with E-state index in [1.165, 1.54) is 41.1 Å². The number of fused-ring (bicyclic) bond motifs is 4. The first kappa shape index (κ1) is 22.3. The molecule has 4 bridgehead atoms. The second-order valence-corrected chi connectivity index (χ2v) is 12.7. The van der Waals surface area contributed by atoms with E-state index in [1.807, 2.05) is 6.07 Å². The van der Waals surface area contributed by atoms with Crippen LogP contribution in [0.5, 0.6) is 23.0 Å². The van der Waals surface area contributed by atoms with E-state index < -0.39 is 0 Å². The summed E-state index contributed by atoms with van der Waals surface area (Å²) in [6.45, 7) is 1.25. The molecule has 2 aliphatic heterocycles.